The first-order valence-electron chi connectivity index (χ1n) is 8.38. The lowest BCUT2D eigenvalue weighted by Crippen LogP contribution is -2.37. The molecule has 1 saturated heterocycles. The molecule has 150 valence electrons. The van der Waals surface area contributed by atoms with Gasteiger partial charge in [-0.2, -0.15) is 4.98 Å². The zero-order valence-corrected chi connectivity index (χ0v) is 18.6. The molecule has 0 aromatic carbocycles. The number of halogens is 2. The average Bonchev–Trinajstić information content (AvgIpc) is 3.30. The van der Waals surface area contributed by atoms with Crippen molar-refractivity contribution < 1.29 is 14.6 Å². The van der Waals surface area contributed by atoms with E-state index in [9.17, 15) is 0 Å². The molecular weight excluding hydrogens is 488 g/mol. The number of nitrogens with zero attached hydrogens (tertiary/aromatic N) is 2. The van der Waals surface area contributed by atoms with Crippen LogP contribution in [0.2, 0.25) is 5.28 Å². The molecule has 4 N–H and O–H groups in total. The van der Waals surface area contributed by atoms with Gasteiger partial charge in [0.15, 0.2) is 0 Å². The maximum Gasteiger partial charge on any atom is 0.290 e. The Morgan fingerprint density at radius 3 is 2.96 bits per heavy atom. The number of nitrogens with one attached hydrogen (secondary N) is 1. The van der Waals surface area contributed by atoms with Crippen LogP contribution in [0.4, 0.5) is 5.82 Å². The normalized spacial score (nSPS) is 19.1. The van der Waals surface area contributed by atoms with Crippen molar-refractivity contribution in [3.8, 4) is 0 Å². The standard InChI is InChI=1S/C16H16BrClN4OS2.CH2O2/c17-11-12-14(25-13(11)9-3-4-23-7-10(9)19)15(22-16(18)21-12)20-6-8-2-1-5-24-8;2-1-3/h1-2,5,9-10H,3-4,6-7,19H2,(H,20,21,22);1H,(H,2,3)/t9-,10-;/m0./s1. The van der Waals surface area contributed by atoms with E-state index in [1.54, 1.807) is 22.7 Å². The van der Waals surface area contributed by atoms with E-state index in [0.29, 0.717) is 13.2 Å². The van der Waals surface area contributed by atoms with Crippen molar-refractivity contribution in [2.45, 2.75) is 24.9 Å². The van der Waals surface area contributed by atoms with Crippen LogP contribution in [0.15, 0.2) is 22.0 Å². The molecule has 28 heavy (non-hydrogen) atoms. The van der Waals surface area contributed by atoms with Crippen molar-refractivity contribution in [1.82, 2.24) is 9.97 Å². The Morgan fingerprint density at radius 2 is 2.29 bits per heavy atom. The third-order valence-electron chi connectivity index (χ3n) is 4.22. The lowest BCUT2D eigenvalue weighted by atomic mass is 9.94. The van der Waals surface area contributed by atoms with Gasteiger partial charge in [-0.05, 0) is 45.4 Å². The van der Waals surface area contributed by atoms with Crippen molar-refractivity contribution in [2.24, 2.45) is 5.73 Å². The van der Waals surface area contributed by atoms with Gasteiger partial charge in [0.25, 0.3) is 6.47 Å². The molecule has 0 radical (unpaired) electrons. The van der Waals surface area contributed by atoms with Crippen LogP contribution in [0.5, 0.6) is 0 Å². The summed E-state index contributed by atoms with van der Waals surface area (Å²) >= 11 is 13.3. The van der Waals surface area contributed by atoms with Crippen LogP contribution in [-0.4, -0.2) is 40.8 Å². The number of carbonyl (C=O) groups is 1. The minimum absolute atomic E-state index is 0.0101. The molecule has 0 unspecified atom stereocenters. The molecule has 1 aliphatic rings. The van der Waals surface area contributed by atoms with Gasteiger partial charge in [-0.1, -0.05) is 6.07 Å². The van der Waals surface area contributed by atoms with Crippen LogP contribution >= 0.6 is 50.2 Å². The van der Waals surface area contributed by atoms with Crippen LogP contribution in [0.25, 0.3) is 10.2 Å². The molecule has 11 heteroatoms. The second kappa shape index (κ2) is 9.95. The summed E-state index contributed by atoms with van der Waals surface area (Å²) in [6, 6.07) is 4.12. The highest BCUT2D eigenvalue weighted by atomic mass is 79.9. The molecule has 1 fully saturated rings. The summed E-state index contributed by atoms with van der Waals surface area (Å²) in [5.74, 6) is 1.02. The summed E-state index contributed by atoms with van der Waals surface area (Å²) < 4.78 is 7.45. The molecular formula is C17H18BrClN4O3S2. The quantitative estimate of drug-likeness (QED) is 0.358. The summed E-state index contributed by atoms with van der Waals surface area (Å²) in [6.07, 6.45) is 0.908. The van der Waals surface area contributed by atoms with E-state index in [4.69, 9.17) is 32.0 Å². The molecule has 1 aliphatic heterocycles. The van der Waals surface area contributed by atoms with E-state index in [1.807, 2.05) is 6.07 Å². The molecule has 3 aromatic rings. The highest BCUT2D eigenvalue weighted by molar-refractivity contribution is 9.10. The van der Waals surface area contributed by atoms with Gasteiger partial charge in [0, 0.05) is 28.3 Å². The minimum atomic E-state index is -0.250. The van der Waals surface area contributed by atoms with Crippen LogP contribution in [0, 0.1) is 0 Å². The molecule has 0 saturated carbocycles. The summed E-state index contributed by atoms with van der Waals surface area (Å²) in [4.78, 5) is 19.6. The molecule has 7 nitrogen and oxygen atoms in total. The SMILES string of the molecule is N[C@H]1COCC[C@@H]1c1sc2c(NCc3cccs3)nc(Cl)nc2c1Br.O=CO. The zero-order valence-electron chi connectivity index (χ0n) is 14.6. The van der Waals surface area contributed by atoms with Gasteiger partial charge >= 0.3 is 0 Å². The minimum Gasteiger partial charge on any atom is -0.483 e. The second-order valence-electron chi connectivity index (χ2n) is 5.97. The van der Waals surface area contributed by atoms with Gasteiger partial charge < -0.3 is 20.9 Å². The number of anilines is 1. The maximum atomic E-state index is 8.36. The van der Waals surface area contributed by atoms with Crippen LogP contribution in [-0.2, 0) is 16.1 Å². The van der Waals surface area contributed by atoms with E-state index in [2.05, 4.69) is 42.7 Å². The molecule has 0 bridgehead atoms. The Hall–Kier alpha value is -1.30. The summed E-state index contributed by atoms with van der Waals surface area (Å²) in [5, 5.41) is 12.6. The van der Waals surface area contributed by atoms with Gasteiger partial charge in [-0.15, -0.1) is 22.7 Å². The van der Waals surface area contributed by atoms with Crippen molar-refractivity contribution in [3.63, 3.8) is 0 Å². The Bertz CT molecular complexity index is 938. The van der Waals surface area contributed by atoms with Crippen molar-refractivity contribution >= 4 is 72.7 Å². The Morgan fingerprint density at radius 1 is 1.50 bits per heavy atom. The molecule has 4 rings (SSSR count). The van der Waals surface area contributed by atoms with Crippen LogP contribution < -0.4 is 11.1 Å². The van der Waals surface area contributed by atoms with Crippen molar-refractivity contribution in [3.05, 3.63) is 37.0 Å². The third-order valence-corrected chi connectivity index (χ3v) is 7.65. The van der Waals surface area contributed by atoms with Gasteiger partial charge in [0.2, 0.25) is 5.28 Å². The zero-order chi connectivity index (χ0) is 20.1. The number of fused-ring (bicyclic) bond motifs is 1. The number of carboxylic acid groups (broad SMARTS) is 1. The summed E-state index contributed by atoms with van der Waals surface area (Å²) in [6.45, 7) is 1.78. The van der Waals surface area contributed by atoms with Crippen molar-refractivity contribution in [1.29, 1.82) is 0 Å². The van der Waals surface area contributed by atoms with Crippen LogP contribution in [0.1, 0.15) is 22.1 Å². The highest BCUT2D eigenvalue weighted by Crippen LogP contribution is 2.44. The first-order valence-corrected chi connectivity index (χ1v) is 11.2. The predicted octanol–water partition coefficient (Wildman–Crippen LogP) is 4.31. The number of aromatic nitrogens is 2. The molecule has 3 aromatic heterocycles. The fourth-order valence-electron chi connectivity index (χ4n) is 2.97. The van der Waals surface area contributed by atoms with Crippen LogP contribution in [0.3, 0.4) is 0 Å². The number of nitrogens with two attached hydrogens (primary N) is 1. The molecule has 0 aliphatic carbocycles. The molecule has 2 atom stereocenters. The van der Waals surface area contributed by atoms with E-state index >= 15 is 0 Å². The molecule has 0 amide bonds. The Labute approximate surface area is 183 Å². The molecule has 4 heterocycles. The largest absolute Gasteiger partial charge is 0.483 e. The predicted molar refractivity (Wildman–Crippen MR) is 117 cm³/mol. The number of hydrogen-bond acceptors (Lipinski definition) is 8. The lowest BCUT2D eigenvalue weighted by molar-refractivity contribution is -0.122. The average molecular weight is 506 g/mol. The van der Waals surface area contributed by atoms with Gasteiger partial charge in [0.1, 0.15) is 11.3 Å². The number of thiophene rings is 2. The summed E-state index contributed by atoms with van der Waals surface area (Å²) in [5.41, 5.74) is 7.12. The Balaban J connectivity index is 0.000000706. The Kier molecular flexibility index (Phi) is 7.61. The van der Waals surface area contributed by atoms with Crippen molar-refractivity contribution in [2.75, 3.05) is 18.5 Å². The number of ether oxygens (including phenoxy) is 1. The van der Waals surface area contributed by atoms with E-state index in [-0.39, 0.29) is 23.7 Å². The molecule has 0 spiro atoms. The van der Waals surface area contributed by atoms with Gasteiger partial charge in [0.05, 0.1) is 22.3 Å². The monoisotopic (exact) mass is 504 g/mol. The smallest absolute Gasteiger partial charge is 0.290 e. The maximum absolute atomic E-state index is 8.36. The van der Waals surface area contributed by atoms with E-state index in [0.717, 1.165) is 33.5 Å². The highest BCUT2D eigenvalue weighted by Gasteiger charge is 2.29. The van der Waals surface area contributed by atoms with Gasteiger partial charge in [-0.25, -0.2) is 4.98 Å². The van der Waals surface area contributed by atoms with Gasteiger partial charge in [-0.3, -0.25) is 4.79 Å². The third kappa shape index (κ3) is 4.81. The lowest BCUT2D eigenvalue weighted by Gasteiger charge is -2.28. The topological polar surface area (TPSA) is 110 Å². The second-order valence-corrected chi connectivity index (χ2v) is 9.19. The number of rotatable bonds is 4. The number of hydrogen-bond donors (Lipinski definition) is 3. The first-order chi connectivity index (χ1) is 13.5. The summed E-state index contributed by atoms with van der Waals surface area (Å²) in [7, 11) is 0. The van der Waals surface area contributed by atoms with E-state index < -0.39 is 0 Å². The first kappa shape index (κ1) is 21.4. The fourth-order valence-corrected chi connectivity index (χ4v) is 6.05. The van der Waals surface area contributed by atoms with E-state index in [1.165, 1.54) is 9.75 Å². The fraction of sp³-hybridized carbons (Fsp3) is 0.353.